The molecule has 158 valence electrons. The van der Waals surface area contributed by atoms with E-state index in [0.29, 0.717) is 5.76 Å². The van der Waals surface area contributed by atoms with Crippen LogP contribution in [0, 0.1) is 0 Å². The van der Waals surface area contributed by atoms with Gasteiger partial charge < -0.3 is 24.8 Å². The number of rotatable bonds is 8. The molecule has 1 aromatic rings. The highest BCUT2D eigenvalue weighted by Crippen LogP contribution is 2.40. The molecule has 0 unspecified atom stereocenters. The van der Waals surface area contributed by atoms with Crippen LogP contribution in [0.15, 0.2) is 47.1 Å². The molecule has 0 saturated heterocycles. The number of hydrogen-bond donors (Lipinski definition) is 1. The Labute approximate surface area is 172 Å². The first-order valence-electron chi connectivity index (χ1n) is 9.96. The minimum Gasteiger partial charge on any atom is -0.463 e. The minimum absolute atomic E-state index is 0.0631. The fourth-order valence-corrected chi connectivity index (χ4v) is 3.46. The summed E-state index contributed by atoms with van der Waals surface area (Å²) in [5.74, 6) is -1.64. The van der Waals surface area contributed by atoms with Crippen molar-refractivity contribution >= 4 is 17.6 Å². The van der Waals surface area contributed by atoms with Crippen molar-refractivity contribution in [3.63, 3.8) is 0 Å². The Morgan fingerprint density at radius 3 is 1.97 bits per heavy atom. The lowest BCUT2D eigenvalue weighted by molar-refractivity contribution is -0.140. The number of esters is 2. The van der Waals surface area contributed by atoms with Crippen LogP contribution >= 0.6 is 0 Å². The molecule has 0 aromatic heterocycles. The minimum atomic E-state index is -0.729. The molecule has 1 heterocycles. The number of ether oxygens (including phenoxy) is 3. The lowest BCUT2D eigenvalue weighted by Gasteiger charge is -2.29. The maximum Gasteiger partial charge on any atom is 0.340 e. The summed E-state index contributed by atoms with van der Waals surface area (Å²) in [4.78, 5) is 27.6. The fourth-order valence-electron chi connectivity index (χ4n) is 3.46. The molecule has 2 rings (SSSR count). The Kier molecular flexibility index (Phi) is 7.70. The summed E-state index contributed by atoms with van der Waals surface area (Å²) in [6.07, 6.45) is 0. The van der Waals surface area contributed by atoms with E-state index in [2.05, 4.69) is 18.7 Å². The molecule has 0 spiro atoms. The van der Waals surface area contributed by atoms with Gasteiger partial charge in [0.1, 0.15) is 11.3 Å². The SMILES string of the molecule is CCOC(=O)C1=C(C)OC(N)=C(C(=O)OCC)[C@H]1c1ccc(N(CC)CC)cc1. The summed E-state index contributed by atoms with van der Waals surface area (Å²) in [6.45, 7) is 11.4. The largest absolute Gasteiger partial charge is 0.463 e. The Hall–Kier alpha value is -2.96. The van der Waals surface area contributed by atoms with Crippen molar-refractivity contribution in [3.8, 4) is 0 Å². The average molecular weight is 402 g/mol. The maximum atomic E-state index is 12.7. The van der Waals surface area contributed by atoms with E-state index in [1.165, 1.54) is 0 Å². The van der Waals surface area contributed by atoms with E-state index < -0.39 is 17.9 Å². The Balaban J connectivity index is 2.58. The third-order valence-electron chi connectivity index (χ3n) is 4.83. The average Bonchev–Trinajstić information content (AvgIpc) is 2.69. The van der Waals surface area contributed by atoms with Gasteiger partial charge in [0, 0.05) is 18.8 Å². The smallest absolute Gasteiger partial charge is 0.340 e. The van der Waals surface area contributed by atoms with Gasteiger partial charge >= 0.3 is 11.9 Å². The monoisotopic (exact) mass is 402 g/mol. The Morgan fingerprint density at radius 1 is 0.966 bits per heavy atom. The van der Waals surface area contributed by atoms with Gasteiger partial charge in [-0.3, -0.25) is 0 Å². The van der Waals surface area contributed by atoms with Gasteiger partial charge in [-0.2, -0.15) is 0 Å². The van der Waals surface area contributed by atoms with Gasteiger partial charge in [0.2, 0.25) is 5.88 Å². The Bertz CT molecular complexity index is 767. The number of benzene rings is 1. The van der Waals surface area contributed by atoms with Crippen molar-refractivity contribution in [2.75, 3.05) is 31.2 Å². The topological polar surface area (TPSA) is 91.1 Å². The van der Waals surface area contributed by atoms with Crippen molar-refractivity contribution in [2.24, 2.45) is 5.73 Å². The van der Waals surface area contributed by atoms with Gasteiger partial charge in [-0.1, -0.05) is 12.1 Å². The molecule has 0 fully saturated rings. The summed E-state index contributed by atoms with van der Waals surface area (Å²) >= 11 is 0. The zero-order chi connectivity index (χ0) is 21.6. The number of anilines is 1. The van der Waals surface area contributed by atoms with E-state index in [1.54, 1.807) is 20.8 Å². The van der Waals surface area contributed by atoms with E-state index in [-0.39, 0.29) is 30.2 Å². The zero-order valence-electron chi connectivity index (χ0n) is 17.8. The molecule has 7 nitrogen and oxygen atoms in total. The highest BCUT2D eigenvalue weighted by atomic mass is 16.5. The zero-order valence-corrected chi connectivity index (χ0v) is 17.8. The second kappa shape index (κ2) is 10.0. The van der Waals surface area contributed by atoms with Gasteiger partial charge in [-0.05, 0) is 52.3 Å². The molecule has 0 radical (unpaired) electrons. The third-order valence-corrected chi connectivity index (χ3v) is 4.83. The molecule has 0 amide bonds. The standard InChI is InChI=1S/C22H30N2O5/c1-6-24(7-2)16-12-10-15(11-13-16)18-17(21(25)27-8-3)14(5)29-20(23)19(18)22(26)28-9-4/h10-13,18H,6-9,23H2,1-5H3/t18-/m0/s1. The highest BCUT2D eigenvalue weighted by molar-refractivity contribution is 5.99. The van der Waals surface area contributed by atoms with Gasteiger partial charge in [0.05, 0.1) is 24.7 Å². The first kappa shape index (κ1) is 22.3. The van der Waals surface area contributed by atoms with Crippen LogP contribution in [0.1, 0.15) is 46.1 Å². The number of allylic oxidation sites excluding steroid dienone is 1. The first-order valence-corrected chi connectivity index (χ1v) is 9.96. The van der Waals surface area contributed by atoms with Crippen LogP contribution in [0.25, 0.3) is 0 Å². The summed E-state index contributed by atoms with van der Waals surface area (Å²) < 4.78 is 15.9. The molecule has 1 atom stereocenters. The second-order valence-corrected chi connectivity index (χ2v) is 6.49. The molecule has 0 saturated carbocycles. The van der Waals surface area contributed by atoms with Crippen molar-refractivity contribution in [1.29, 1.82) is 0 Å². The van der Waals surface area contributed by atoms with Crippen LogP contribution in [-0.4, -0.2) is 38.2 Å². The van der Waals surface area contributed by atoms with E-state index in [0.717, 1.165) is 24.3 Å². The second-order valence-electron chi connectivity index (χ2n) is 6.49. The van der Waals surface area contributed by atoms with E-state index in [1.807, 2.05) is 24.3 Å². The molecule has 7 heteroatoms. The molecule has 2 N–H and O–H groups in total. The van der Waals surface area contributed by atoms with Crippen LogP contribution in [0.5, 0.6) is 0 Å². The fraction of sp³-hybridized carbons (Fsp3) is 0.455. The molecular weight excluding hydrogens is 372 g/mol. The quantitative estimate of drug-likeness (QED) is 0.668. The van der Waals surface area contributed by atoms with Crippen LogP contribution in [-0.2, 0) is 23.8 Å². The number of carbonyl (C=O) groups is 2. The number of nitrogens with two attached hydrogens (primary N) is 1. The number of carbonyl (C=O) groups excluding carboxylic acids is 2. The summed E-state index contributed by atoms with van der Waals surface area (Å²) in [6, 6.07) is 7.72. The molecule has 1 aliphatic rings. The van der Waals surface area contributed by atoms with Gasteiger partial charge in [-0.15, -0.1) is 0 Å². The molecule has 29 heavy (non-hydrogen) atoms. The molecule has 1 aliphatic heterocycles. The molecular formula is C22H30N2O5. The summed E-state index contributed by atoms with van der Waals surface area (Å²) in [7, 11) is 0. The Morgan fingerprint density at radius 2 is 1.48 bits per heavy atom. The van der Waals surface area contributed by atoms with E-state index in [4.69, 9.17) is 19.9 Å². The number of hydrogen-bond acceptors (Lipinski definition) is 7. The predicted octanol–water partition coefficient (Wildman–Crippen LogP) is 3.22. The number of nitrogens with zero attached hydrogens (tertiary/aromatic N) is 1. The normalized spacial score (nSPS) is 16.4. The predicted molar refractivity (Wildman–Crippen MR) is 111 cm³/mol. The van der Waals surface area contributed by atoms with Crippen molar-refractivity contribution < 1.29 is 23.8 Å². The lowest BCUT2D eigenvalue weighted by atomic mass is 9.82. The van der Waals surface area contributed by atoms with Crippen LogP contribution in [0.3, 0.4) is 0 Å². The van der Waals surface area contributed by atoms with E-state index >= 15 is 0 Å². The highest BCUT2D eigenvalue weighted by Gasteiger charge is 2.40. The van der Waals surface area contributed by atoms with Gasteiger partial charge in [-0.25, -0.2) is 9.59 Å². The van der Waals surface area contributed by atoms with Crippen molar-refractivity contribution in [1.82, 2.24) is 0 Å². The van der Waals surface area contributed by atoms with Crippen LogP contribution < -0.4 is 10.6 Å². The molecule has 0 bridgehead atoms. The van der Waals surface area contributed by atoms with Crippen LogP contribution in [0.4, 0.5) is 5.69 Å². The summed E-state index contributed by atoms with van der Waals surface area (Å²) in [5.41, 5.74) is 8.19. The van der Waals surface area contributed by atoms with E-state index in [9.17, 15) is 9.59 Å². The summed E-state index contributed by atoms with van der Waals surface area (Å²) in [5, 5.41) is 0. The van der Waals surface area contributed by atoms with Gasteiger partial charge in [0.15, 0.2) is 0 Å². The molecule has 1 aromatic carbocycles. The first-order chi connectivity index (χ1) is 13.9. The maximum absolute atomic E-state index is 12.7. The van der Waals surface area contributed by atoms with Crippen LogP contribution in [0.2, 0.25) is 0 Å². The lowest BCUT2D eigenvalue weighted by Crippen LogP contribution is -2.30. The van der Waals surface area contributed by atoms with Crippen molar-refractivity contribution in [3.05, 3.63) is 52.6 Å². The molecule has 0 aliphatic carbocycles. The third kappa shape index (κ3) is 4.72. The van der Waals surface area contributed by atoms with Gasteiger partial charge in [0.25, 0.3) is 0 Å². The van der Waals surface area contributed by atoms with Crippen molar-refractivity contribution in [2.45, 2.75) is 40.5 Å².